The van der Waals surface area contributed by atoms with Crippen molar-refractivity contribution in [1.29, 1.82) is 0 Å². The van der Waals surface area contributed by atoms with E-state index >= 15 is 0 Å². The molecule has 0 saturated heterocycles. The molecule has 0 saturated carbocycles. The highest BCUT2D eigenvalue weighted by Gasteiger charge is 2.01. The van der Waals surface area contributed by atoms with Crippen molar-refractivity contribution in [2.24, 2.45) is 0 Å². The Morgan fingerprint density at radius 3 is 1.40 bits per heavy atom. The average Bonchev–Trinajstić information content (AvgIpc) is 2.87. The number of hydrogen-bond donors (Lipinski definition) is 2. The van der Waals surface area contributed by atoms with Gasteiger partial charge in [-0.2, -0.15) is 11.8 Å². The first-order valence-electron chi connectivity index (χ1n) is 15.6. The summed E-state index contributed by atoms with van der Waals surface area (Å²) in [7, 11) is 0. The Balaban J connectivity index is 3.15. The summed E-state index contributed by atoms with van der Waals surface area (Å²) >= 11 is 2.18. The number of rotatable bonds is 28. The molecule has 0 aliphatic rings. The molecule has 2 amide bonds. The van der Waals surface area contributed by atoms with Crippen molar-refractivity contribution in [1.82, 2.24) is 15.5 Å². The monoisotopic (exact) mass is 513 g/mol. The van der Waals surface area contributed by atoms with Crippen LogP contribution in [-0.2, 0) is 0 Å². The van der Waals surface area contributed by atoms with Gasteiger partial charge in [-0.15, -0.1) is 0 Å². The van der Waals surface area contributed by atoms with Gasteiger partial charge < -0.3 is 15.5 Å². The molecule has 0 aromatic carbocycles. The summed E-state index contributed by atoms with van der Waals surface area (Å²) in [5.41, 5.74) is 0. The van der Waals surface area contributed by atoms with Crippen molar-refractivity contribution in [3.63, 3.8) is 0 Å². The average molecular weight is 514 g/mol. The zero-order chi connectivity index (χ0) is 25.7. The van der Waals surface area contributed by atoms with Crippen LogP contribution in [-0.4, -0.2) is 55.2 Å². The molecule has 0 rings (SSSR count). The van der Waals surface area contributed by atoms with Gasteiger partial charge in [-0.05, 0) is 56.8 Å². The van der Waals surface area contributed by atoms with Crippen LogP contribution in [0.15, 0.2) is 0 Å². The van der Waals surface area contributed by atoms with E-state index in [1.807, 2.05) is 0 Å². The number of nitrogens with zero attached hydrogens (tertiary/aromatic N) is 1. The van der Waals surface area contributed by atoms with Gasteiger partial charge >= 0.3 is 6.03 Å². The van der Waals surface area contributed by atoms with Crippen molar-refractivity contribution in [2.45, 2.75) is 143 Å². The maximum Gasteiger partial charge on any atom is 0.314 e. The zero-order valence-electron chi connectivity index (χ0n) is 24.1. The van der Waals surface area contributed by atoms with E-state index in [0.29, 0.717) is 0 Å². The summed E-state index contributed by atoms with van der Waals surface area (Å²) in [5.74, 6) is 2.74. The van der Waals surface area contributed by atoms with Gasteiger partial charge in [0.2, 0.25) is 0 Å². The number of nitrogens with one attached hydrogen (secondary N) is 2. The number of carbonyl (C=O) groups excluding carboxylic acids is 1. The normalized spacial score (nSPS) is 11.3. The lowest BCUT2D eigenvalue weighted by atomic mass is 10.1. The van der Waals surface area contributed by atoms with Crippen molar-refractivity contribution >= 4 is 17.8 Å². The molecule has 4 nitrogen and oxygen atoms in total. The third kappa shape index (κ3) is 28.0. The second-order valence-electron chi connectivity index (χ2n) is 10.2. The van der Waals surface area contributed by atoms with Crippen LogP contribution in [0.5, 0.6) is 0 Å². The largest absolute Gasteiger partial charge is 0.338 e. The molecular weight excluding hydrogens is 450 g/mol. The maximum absolute atomic E-state index is 11.8. The number of thioether (sulfide) groups is 1. The smallest absolute Gasteiger partial charge is 0.314 e. The Morgan fingerprint density at radius 2 is 0.943 bits per heavy atom. The van der Waals surface area contributed by atoms with Crippen molar-refractivity contribution in [3.8, 4) is 0 Å². The van der Waals surface area contributed by atoms with E-state index in [4.69, 9.17) is 0 Å². The first-order chi connectivity index (χ1) is 17.2. The molecule has 0 aromatic rings. The van der Waals surface area contributed by atoms with E-state index in [-0.39, 0.29) is 6.03 Å². The third-order valence-corrected chi connectivity index (χ3v) is 8.13. The molecular formula is C30H63N3OS. The topological polar surface area (TPSA) is 44.4 Å². The van der Waals surface area contributed by atoms with Gasteiger partial charge in [-0.3, -0.25) is 0 Å². The van der Waals surface area contributed by atoms with Crippen LogP contribution in [0.25, 0.3) is 0 Å². The van der Waals surface area contributed by atoms with Crippen LogP contribution in [0.1, 0.15) is 143 Å². The van der Waals surface area contributed by atoms with Gasteiger partial charge in [-0.25, -0.2) is 4.79 Å². The SMILES string of the molecule is CCCCCCCCCCCCSCCCCCCCCCCNC(=O)NCCCN(CC)CC. The molecule has 0 atom stereocenters. The van der Waals surface area contributed by atoms with Gasteiger partial charge in [0, 0.05) is 13.1 Å². The van der Waals surface area contributed by atoms with E-state index in [1.165, 1.54) is 121 Å². The fourth-order valence-electron chi connectivity index (χ4n) is 4.49. The summed E-state index contributed by atoms with van der Waals surface area (Å²) in [6.07, 6.45) is 26.0. The van der Waals surface area contributed by atoms with E-state index in [9.17, 15) is 4.79 Å². The fourth-order valence-corrected chi connectivity index (χ4v) is 5.51. The molecule has 0 aromatic heterocycles. The molecule has 0 aliphatic heterocycles. The molecule has 35 heavy (non-hydrogen) atoms. The molecule has 5 heteroatoms. The molecule has 210 valence electrons. The molecule has 2 N–H and O–H groups in total. The Morgan fingerprint density at radius 1 is 0.543 bits per heavy atom. The lowest BCUT2D eigenvalue weighted by Crippen LogP contribution is -2.37. The Kier molecular flexibility index (Phi) is 29.5. The lowest BCUT2D eigenvalue weighted by Gasteiger charge is -2.17. The molecule has 0 unspecified atom stereocenters. The maximum atomic E-state index is 11.8. The predicted molar refractivity (Wildman–Crippen MR) is 160 cm³/mol. The Bertz CT molecular complexity index is 418. The van der Waals surface area contributed by atoms with E-state index in [2.05, 4.69) is 48.1 Å². The quantitative estimate of drug-likeness (QED) is 0.103. The molecule has 0 aliphatic carbocycles. The van der Waals surface area contributed by atoms with E-state index < -0.39 is 0 Å². The fraction of sp³-hybridized carbons (Fsp3) is 0.967. The molecule has 0 heterocycles. The Labute approximate surface area is 224 Å². The van der Waals surface area contributed by atoms with Gasteiger partial charge in [0.1, 0.15) is 0 Å². The molecule has 0 fully saturated rings. The van der Waals surface area contributed by atoms with Crippen LogP contribution in [0.2, 0.25) is 0 Å². The van der Waals surface area contributed by atoms with Gasteiger partial charge in [0.25, 0.3) is 0 Å². The minimum Gasteiger partial charge on any atom is -0.338 e. The van der Waals surface area contributed by atoms with Crippen molar-refractivity contribution in [3.05, 3.63) is 0 Å². The number of urea groups is 1. The minimum absolute atomic E-state index is 0.00409. The molecule has 0 radical (unpaired) electrons. The highest BCUT2D eigenvalue weighted by atomic mass is 32.2. The van der Waals surface area contributed by atoms with Gasteiger partial charge in [0.15, 0.2) is 0 Å². The highest BCUT2D eigenvalue weighted by Crippen LogP contribution is 2.14. The highest BCUT2D eigenvalue weighted by molar-refractivity contribution is 7.99. The van der Waals surface area contributed by atoms with Crippen LogP contribution >= 0.6 is 11.8 Å². The summed E-state index contributed by atoms with van der Waals surface area (Å²) in [6, 6.07) is -0.00409. The predicted octanol–water partition coefficient (Wildman–Crippen LogP) is 8.79. The second kappa shape index (κ2) is 29.8. The number of amides is 2. The van der Waals surface area contributed by atoms with Crippen LogP contribution in [0.4, 0.5) is 4.79 Å². The number of hydrogen-bond acceptors (Lipinski definition) is 3. The van der Waals surface area contributed by atoms with Gasteiger partial charge in [0.05, 0.1) is 0 Å². The van der Waals surface area contributed by atoms with Crippen LogP contribution in [0, 0.1) is 0 Å². The number of unbranched alkanes of at least 4 members (excludes halogenated alkanes) is 16. The standard InChI is InChI=1S/C30H63N3OS/c1-4-7-8-9-10-11-13-16-19-22-28-35-29-23-20-17-14-12-15-18-21-25-31-30(34)32-26-24-27-33(5-2)6-3/h4-29H2,1-3H3,(H2,31,32,34). The van der Waals surface area contributed by atoms with E-state index in [1.54, 1.807) is 0 Å². The van der Waals surface area contributed by atoms with E-state index in [0.717, 1.165) is 45.6 Å². The molecule has 0 bridgehead atoms. The molecule has 0 spiro atoms. The third-order valence-electron chi connectivity index (χ3n) is 6.97. The van der Waals surface area contributed by atoms with Crippen molar-refractivity contribution < 1.29 is 4.79 Å². The van der Waals surface area contributed by atoms with Gasteiger partial charge in [-0.1, -0.05) is 117 Å². The Hall–Kier alpha value is -0.420. The lowest BCUT2D eigenvalue weighted by molar-refractivity contribution is 0.239. The summed E-state index contributed by atoms with van der Waals surface area (Å²) in [6.45, 7) is 11.5. The van der Waals surface area contributed by atoms with Crippen molar-refractivity contribution in [2.75, 3.05) is 44.2 Å². The minimum atomic E-state index is -0.00409. The second-order valence-corrected chi connectivity index (χ2v) is 11.4. The summed E-state index contributed by atoms with van der Waals surface area (Å²) in [4.78, 5) is 14.2. The first-order valence-corrected chi connectivity index (χ1v) is 16.7. The zero-order valence-corrected chi connectivity index (χ0v) is 25.0. The summed E-state index contributed by atoms with van der Waals surface area (Å²) in [5, 5.41) is 5.96. The first kappa shape index (κ1) is 34.6. The summed E-state index contributed by atoms with van der Waals surface area (Å²) < 4.78 is 0. The van der Waals surface area contributed by atoms with Crippen LogP contribution < -0.4 is 10.6 Å². The van der Waals surface area contributed by atoms with Crippen LogP contribution in [0.3, 0.4) is 0 Å². The number of carbonyl (C=O) groups is 1.